The molecular weight excluding hydrogens is 216 g/mol. The topological polar surface area (TPSA) is 35.5 Å². The number of hydrogen-bond acceptors (Lipinski definition) is 3. The van der Waals surface area contributed by atoms with E-state index < -0.39 is 0 Å². The van der Waals surface area contributed by atoms with Gasteiger partial charge in [-0.1, -0.05) is 35.4 Å². The first-order chi connectivity index (χ1) is 7.95. The lowest BCUT2D eigenvalue weighted by Crippen LogP contribution is -2.17. The second kappa shape index (κ2) is 8.76. The summed E-state index contributed by atoms with van der Waals surface area (Å²) in [7, 11) is 1.57. The van der Waals surface area contributed by atoms with E-state index >= 15 is 0 Å². The molecule has 1 rings (SSSR count). The fourth-order valence-corrected chi connectivity index (χ4v) is 1.19. The highest BCUT2D eigenvalue weighted by molar-refractivity contribution is 5.66. The summed E-state index contributed by atoms with van der Waals surface area (Å²) in [6.45, 7) is 7.82. The summed E-state index contributed by atoms with van der Waals surface area (Å²) in [5, 5.41) is 0. The van der Waals surface area contributed by atoms with Gasteiger partial charge >= 0.3 is 5.97 Å². The molecule has 0 bridgehead atoms. The van der Waals surface area contributed by atoms with Crippen LogP contribution in [0.3, 0.4) is 0 Å². The van der Waals surface area contributed by atoms with Crippen molar-refractivity contribution in [1.82, 2.24) is 0 Å². The van der Waals surface area contributed by atoms with E-state index in [4.69, 9.17) is 9.47 Å². The van der Waals surface area contributed by atoms with Crippen LogP contribution in [0.1, 0.15) is 25.0 Å². The molecule has 3 heteroatoms. The summed E-state index contributed by atoms with van der Waals surface area (Å²) in [4.78, 5) is 10.3. The smallest absolute Gasteiger partial charge is 0.302 e. The third kappa shape index (κ3) is 9.57. The van der Waals surface area contributed by atoms with Crippen molar-refractivity contribution in [1.29, 1.82) is 0 Å². The predicted octanol–water partition coefficient (Wildman–Crippen LogP) is 2.89. The van der Waals surface area contributed by atoms with Crippen LogP contribution in [0.2, 0.25) is 0 Å². The fourth-order valence-electron chi connectivity index (χ4n) is 1.19. The Balaban J connectivity index is 0.000000302. The molecular formula is C14H22O3. The SMILES string of the molecule is COCC(C)OC(C)=O.Cc1ccc(C)cc1. The zero-order chi connectivity index (χ0) is 13.3. The van der Waals surface area contributed by atoms with Crippen molar-refractivity contribution in [2.75, 3.05) is 13.7 Å². The average molecular weight is 238 g/mol. The largest absolute Gasteiger partial charge is 0.460 e. The van der Waals surface area contributed by atoms with E-state index in [-0.39, 0.29) is 12.1 Å². The molecule has 96 valence electrons. The van der Waals surface area contributed by atoms with Gasteiger partial charge in [-0.15, -0.1) is 0 Å². The summed E-state index contributed by atoms with van der Waals surface area (Å²) < 4.78 is 9.45. The third-order valence-corrected chi connectivity index (χ3v) is 1.99. The number of carbonyl (C=O) groups excluding carboxylic acids is 1. The van der Waals surface area contributed by atoms with E-state index in [0.717, 1.165) is 0 Å². The molecule has 17 heavy (non-hydrogen) atoms. The van der Waals surface area contributed by atoms with Gasteiger partial charge in [0.2, 0.25) is 0 Å². The van der Waals surface area contributed by atoms with Gasteiger partial charge in [0.15, 0.2) is 0 Å². The van der Waals surface area contributed by atoms with Gasteiger partial charge in [-0.05, 0) is 20.8 Å². The zero-order valence-corrected chi connectivity index (χ0v) is 11.3. The van der Waals surface area contributed by atoms with Crippen molar-refractivity contribution in [2.24, 2.45) is 0 Å². The minimum absolute atomic E-state index is 0.132. The van der Waals surface area contributed by atoms with E-state index in [1.807, 2.05) is 0 Å². The molecule has 0 aromatic heterocycles. The summed E-state index contributed by atoms with van der Waals surface area (Å²) in [5.74, 6) is -0.264. The Morgan fingerprint density at radius 1 is 1.18 bits per heavy atom. The van der Waals surface area contributed by atoms with Crippen molar-refractivity contribution < 1.29 is 14.3 Å². The maximum atomic E-state index is 10.3. The van der Waals surface area contributed by atoms with E-state index in [0.29, 0.717) is 6.61 Å². The minimum atomic E-state index is -0.264. The van der Waals surface area contributed by atoms with Crippen molar-refractivity contribution in [3.63, 3.8) is 0 Å². The highest BCUT2D eigenvalue weighted by atomic mass is 16.6. The van der Waals surface area contributed by atoms with Crippen LogP contribution in [0.4, 0.5) is 0 Å². The Bertz CT molecular complexity index is 296. The van der Waals surface area contributed by atoms with Crippen LogP contribution >= 0.6 is 0 Å². The van der Waals surface area contributed by atoms with Gasteiger partial charge in [0.1, 0.15) is 6.10 Å². The number of hydrogen-bond donors (Lipinski definition) is 0. The standard InChI is InChI=1S/C8H10.C6H12O3/c1-7-3-5-8(2)6-4-7;1-5(4-8-3)9-6(2)7/h3-6H,1-2H3;5H,4H2,1-3H3. The quantitative estimate of drug-likeness (QED) is 0.760. The predicted molar refractivity (Wildman–Crippen MR) is 69.0 cm³/mol. The Morgan fingerprint density at radius 3 is 1.88 bits per heavy atom. The summed E-state index contributed by atoms with van der Waals surface area (Å²) in [6, 6.07) is 8.48. The molecule has 0 saturated carbocycles. The van der Waals surface area contributed by atoms with E-state index in [9.17, 15) is 4.79 Å². The van der Waals surface area contributed by atoms with E-state index in [1.54, 1.807) is 14.0 Å². The van der Waals surface area contributed by atoms with Crippen molar-refractivity contribution in [3.05, 3.63) is 35.4 Å². The highest BCUT2D eigenvalue weighted by Crippen LogP contribution is 1.99. The number of ether oxygens (including phenoxy) is 2. The average Bonchev–Trinajstić information content (AvgIpc) is 2.22. The van der Waals surface area contributed by atoms with Crippen molar-refractivity contribution in [2.45, 2.75) is 33.8 Å². The fraction of sp³-hybridized carbons (Fsp3) is 0.500. The molecule has 0 spiro atoms. The van der Waals surface area contributed by atoms with Gasteiger partial charge in [0.05, 0.1) is 6.61 Å². The van der Waals surface area contributed by atoms with Gasteiger partial charge in [0, 0.05) is 14.0 Å². The lowest BCUT2D eigenvalue weighted by molar-refractivity contribution is -0.147. The number of esters is 1. The first-order valence-electron chi connectivity index (χ1n) is 5.65. The maximum Gasteiger partial charge on any atom is 0.302 e. The van der Waals surface area contributed by atoms with Crippen LogP contribution in [-0.4, -0.2) is 25.8 Å². The molecule has 1 unspecified atom stereocenters. The molecule has 0 N–H and O–H groups in total. The Kier molecular flexibility index (Phi) is 8.07. The zero-order valence-electron chi connectivity index (χ0n) is 11.3. The van der Waals surface area contributed by atoms with Crippen molar-refractivity contribution in [3.8, 4) is 0 Å². The summed E-state index contributed by atoms with van der Waals surface area (Å²) >= 11 is 0. The van der Waals surface area contributed by atoms with Gasteiger partial charge in [-0.3, -0.25) is 4.79 Å². The Labute approximate surface area is 104 Å². The lowest BCUT2D eigenvalue weighted by atomic mass is 10.2. The molecule has 3 nitrogen and oxygen atoms in total. The second-order valence-corrected chi connectivity index (χ2v) is 4.03. The molecule has 1 atom stereocenters. The first-order valence-corrected chi connectivity index (χ1v) is 5.65. The van der Waals surface area contributed by atoms with E-state index in [1.165, 1.54) is 18.1 Å². The molecule has 0 saturated heterocycles. The van der Waals surface area contributed by atoms with Gasteiger partial charge in [0.25, 0.3) is 0 Å². The minimum Gasteiger partial charge on any atom is -0.460 e. The molecule has 1 aromatic rings. The second-order valence-electron chi connectivity index (χ2n) is 4.03. The van der Waals surface area contributed by atoms with Gasteiger partial charge < -0.3 is 9.47 Å². The van der Waals surface area contributed by atoms with Gasteiger partial charge in [-0.25, -0.2) is 0 Å². The van der Waals surface area contributed by atoms with Crippen LogP contribution in [0.15, 0.2) is 24.3 Å². The van der Waals surface area contributed by atoms with E-state index in [2.05, 4.69) is 38.1 Å². The van der Waals surface area contributed by atoms with Crippen LogP contribution < -0.4 is 0 Å². The number of aryl methyl sites for hydroxylation is 2. The van der Waals surface area contributed by atoms with Gasteiger partial charge in [-0.2, -0.15) is 0 Å². The van der Waals surface area contributed by atoms with Crippen LogP contribution in [0.5, 0.6) is 0 Å². The van der Waals surface area contributed by atoms with Crippen molar-refractivity contribution >= 4 is 5.97 Å². The Morgan fingerprint density at radius 2 is 1.59 bits per heavy atom. The molecule has 0 aliphatic carbocycles. The molecule has 0 amide bonds. The maximum absolute atomic E-state index is 10.3. The Hall–Kier alpha value is -1.35. The number of carbonyl (C=O) groups is 1. The molecule has 0 aliphatic rings. The summed E-state index contributed by atoms with van der Waals surface area (Å²) in [6.07, 6.45) is -0.132. The monoisotopic (exact) mass is 238 g/mol. The normalized spacial score (nSPS) is 11.1. The number of methoxy groups -OCH3 is 1. The molecule has 0 heterocycles. The van der Waals surface area contributed by atoms with Crippen LogP contribution in [-0.2, 0) is 14.3 Å². The lowest BCUT2D eigenvalue weighted by Gasteiger charge is -2.08. The molecule has 0 fully saturated rings. The molecule has 0 radical (unpaired) electrons. The summed E-state index contributed by atoms with van der Waals surface area (Å²) in [5.41, 5.74) is 2.66. The first kappa shape index (κ1) is 15.7. The highest BCUT2D eigenvalue weighted by Gasteiger charge is 2.02. The van der Waals surface area contributed by atoms with Crippen LogP contribution in [0, 0.1) is 13.8 Å². The molecule has 0 aliphatic heterocycles. The number of rotatable bonds is 3. The third-order valence-electron chi connectivity index (χ3n) is 1.99. The number of benzene rings is 1. The van der Waals surface area contributed by atoms with Crippen LogP contribution in [0.25, 0.3) is 0 Å². The molecule has 1 aromatic carbocycles.